The lowest BCUT2D eigenvalue weighted by atomic mass is 9.97. The molecule has 0 saturated carbocycles. The Morgan fingerprint density at radius 3 is 2.65 bits per heavy atom. The number of rotatable bonds is 1. The van der Waals surface area contributed by atoms with Crippen LogP contribution < -0.4 is 10.2 Å². The van der Waals surface area contributed by atoms with Gasteiger partial charge in [-0.2, -0.15) is 0 Å². The maximum atomic E-state index is 12.1. The van der Waals surface area contributed by atoms with Crippen LogP contribution in [0.25, 0.3) is 0 Å². The molecule has 3 heteroatoms. The lowest BCUT2D eigenvalue weighted by Crippen LogP contribution is -2.61. The Bertz CT molecular complexity index is 452. The normalized spacial score (nSPS) is 19.5. The Balaban J connectivity index is 2.49. The first-order chi connectivity index (χ1) is 7.92. The van der Waals surface area contributed by atoms with Crippen molar-refractivity contribution in [3.8, 4) is 0 Å². The second kappa shape index (κ2) is 4.15. The minimum absolute atomic E-state index is 0.148. The first-order valence-corrected chi connectivity index (χ1v) is 6.03. The average Bonchev–Trinajstić information content (AvgIpc) is 2.22. The number of carbonyl (C=O) groups is 1. The highest BCUT2D eigenvalue weighted by atomic mass is 16.2. The van der Waals surface area contributed by atoms with Gasteiger partial charge >= 0.3 is 0 Å². The highest BCUT2D eigenvalue weighted by Gasteiger charge is 2.36. The minimum Gasteiger partial charge on any atom is -0.306 e. The lowest BCUT2D eigenvalue weighted by molar-refractivity contribution is -0.120. The van der Waals surface area contributed by atoms with Crippen molar-refractivity contribution >= 4 is 11.6 Å². The molecule has 0 radical (unpaired) electrons. The summed E-state index contributed by atoms with van der Waals surface area (Å²) >= 11 is 0. The van der Waals surface area contributed by atoms with Crippen molar-refractivity contribution in [3.63, 3.8) is 0 Å². The molecule has 1 aromatic rings. The average molecular weight is 232 g/mol. The number of nitrogens with one attached hydrogen (secondary N) is 1. The third-order valence-electron chi connectivity index (χ3n) is 3.29. The molecule has 1 N–H and O–H groups in total. The molecule has 0 bridgehead atoms. The third-order valence-corrected chi connectivity index (χ3v) is 3.29. The van der Waals surface area contributed by atoms with E-state index in [4.69, 9.17) is 0 Å². The lowest BCUT2D eigenvalue weighted by Gasteiger charge is -2.43. The fourth-order valence-electron chi connectivity index (χ4n) is 2.39. The molecule has 1 aromatic carbocycles. The fraction of sp³-hybridized carbons (Fsp3) is 0.500. The molecular weight excluding hydrogens is 212 g/mol. The van der Waals surface area contributed by atoms with Crippen LogP contribution in [-0.4, -0.2) is 24.5 Å². The third kappa shape index (κ3) is 2.20. The molecule has 0 atom stereocenters. The van der Waals surface area contributed by atoms with Crippen LogP contribution in [0.1, 0.15) is 25.0 Å². The molecule has 0 aromatic heterocycles. The second-order valence-corrected chi connectivity index (χ2v) is 5.44. The van der Waals surface area contributed by atoms with Gasteiger partial charge in [-0.05, 0) is 44.9 Å². The van der Waals surface area contributed by atoms with E-state index >= 15 is 0 Å². The first kappa shape index (κ1) is 12.1. The first-order valence-electron chi connectivity index (χ1n) is 6.03. The number of aryl methyl sites for hydroxylation is 2. The Morgan fingerprint density at radius 1 is 1.29 bits per heavy atom. The molecular formula is C14H20N2O. The molecule has 1 heterocycles. The van der Waals surface area contributed by atoms with Crippen molar-refractivity contribution in [2.75, 3.05) is 18.0 Å². The summed E-state index contributed by atoms with van der Waals surface area (Å²) in [6.07, 6.45) is 0. The van der Waals surface area contributed by atoms with Gasteiger partial charge in [-0.1, -0.05) is 12.1 Å². The Hall–Kier alpha value is -1.35. The summed E-state index contributed by atoms with van der Waals surface area (Å²) < 4.78 is 0. The molecule has 92 valence electrons. The van der Waals surface area contributed by atoms with E-state index in [1.165, 1.54) is 5.56 Å². The summed E-state index contributed by atoms with van der Waals surface area (Å²) in [5.41, 5.74) is 3.21. The van der Waals surface area contributed by atoms with Crippen molar-refractivity contribution < 1.29 is 4.79 Å². The van der Waals surface area contributed by atoms with E-state index in [9.17, 15) is 4.79 Å². The molecule has 1 fully saturated rings. The van der Waals surface area contributed by atoms with Gasteiger partial charge in [0.15, 0.2) is 0 Å². The largest absolute Gasteiger partial charge is 0.306 e. The number of hydrogen-bond donors (Lipinski definition) is 1. The quantitative estimate of drug-likeness (QED) is 0.803. The molecule has 1 saturated heterocycles. The van der Waals surface area contributed by atoms with Gasteiger partial charge in [0.25, 0.3) is 0 Å². The zero-order valence-electron chi connectivity index (χ0n) is 11.0. The Kier molecular flexibility index (Phi) is 2.96. The van der Waals surface area contributed by atoms with Gasteiger partial charge in [0.2, 0.25) is 5.91 Å². The summed E-state index contributed by atoms with van der Waals surface area (Å²) in [6.45, 7) is 9.56. The molecule has 1 amide bonds. The van der Waals surface area contributed by atoms with Gasteiger partial charge < -0.3 is 10.2 Å². The standard InChI is InChI=1S/C14H20N2O/c1-10-5-6-11(2)12(7-10)16-13(17)8-15-9-14(16,3)4/h5-7,15H,8-9H2,1-4H3. The maximum Gasteiger partial charge on any atom is 0.241 e. The van der Waals surface area contributed by atoms with Crippen molar-refractivity contribution in [2.45, 2.75) is 33.2 Å². The van der Waals surface area contributed by atoms with Crippen LogP contribution in [0.3, 0.4) is 0 Å². The van der Waals surface area contributed by atoms with Crippen LogP contribution in [-0.2, 0) is 4.79 Å². The number of anilines is 1. The number of carbonyl (C=O) groups excluding carboxylic acids is 1. The van der Waals surface area contributed by atoms with E-state index < -0.39 is 0 Å². The van der Waals surface area contributed by atoms with Gasteiger partial charge in [-0.3, -0.25) is 4.79 Å². The van der Waals surface area contributed by atoms with Crippen LogP contribution in [0.2, 0.25) is 0 Å². The zero-order valence-corrected chi connectivity index (χ0v) is 11.0. The summed E-state index contributed by atoms with van der Waals surface area (Å²) in [5, 5.41) is 3.17. The summed E-state index contributed by atoms with van der Waals surface area (Å²) in [6, 6.07) is 6.26. The molecule has 0 unspecified atom stereocenters. The molecule has 1 aliphatic rings. The molecule has 3 nitrogen and oxygen atoms in total. The zero-order chi connectivity index (χ0) is 12.6. The number of hydrogen-bond acceptors (Lipinski definition) is 2. The SMILES string of the molecule is Cc1ccc(C)c(N2C(=O)CNCC2(C)C)c1. The number of amides is 1. The Morgan fingerprint density at radius 2 is 2.00 bits per heavy atom. The van der Waals surface area contributed by atoms with Gasteiger partial charge in [0.1, 0.15) is 0 Å². The molecule has 0 aliphatic carbocycles. The van der Waals surface area contributed by atoms with E-state index in [0.29, 0.717) is 6.54 Å². The maximum absolute atomic E-state index is 12.1. The van der Waals surface area contributed by atoms with Crippen molar-refractivity contribution in [1.29, 1.82) is 0 Å². The second-order valence-electron chi connectivity index (χ2n) is 5.44. The fourth-order valence-corrected chi connectivity index (χ4v) is 2.39. The Labute approximate surface area is 103 Å². The summed E-state index contributed by atoms with van der Waals surface area (Å²) in [7, 11) is 0. The molecule has 17 heavy (non-hydrogen) atoms. The predicted molar refractivity (Wildman–Crippen MR) is 70.4 cm³/mol. The van der Waals surface area contributed by atoms with Gasteiger partial charge in [0, 0.05) is 12.2 Å². The molecule has 1 aliphatic heterocycles. The highest BCUT2D eigenvalue weighted by Crippen LogP contribution is 2.29. The molecule has 2 rings (SSSR count). The highest BCUT2D eigenvalue weighted by molar-refractivity contribution is 5.97. The minimum atomic E-state index is -0.173. The number of benzene rings is 1. The topological polar surface area (TPSA) is 32.3 Å². The van der Waals surface area contributed by atoms with Crippen molar-refractivity contribution in [3.05, 3.63) is 29.3 Å². The van der Waals surface area contributed by atoms with E-state index in [-0.39, 0.29) is 11.4 Å². The predicted octanol–water partition coefficient (Wildman–Crippen LogP) is 2.02. The van der Waals surface area contributed by atoms with Crippen LogP contribution in [0.4, 0.5) is 5.69 Å². The van der Waals surface area contributed by atoms with E-state index in [2.05, 4.69) is 51.2 Å². The van der Waals surface area contributed by atoms with E-state index in [0.717, 1.165) is 17.8 Å². The monoisotopic (exact) mass is 232 g/mol. The van der Waals surface area contributed by atoms with Gasteiger partial charge in [-0.25, -0.2) is 0 Å². The smallest absolute Gasteiger partial charge is 0.241 e. The van der Waals surface area contributed by atoms with Crippen molar-refractivity contribution in [1.82, 2.24) is 5.32 Å². The molecule has 0 spiro atoms. The van der Waals surface area contributed by atoms with E-state index in [1.807, 2.05) is 4.90 Å². The summed E-state index contributed by atoms with van der Waals surface area (Å²) in [4.78, 5) is 14.1. The van der Waals surface area contributed by atoms with Crippen LogP contribution >= 0.6 is 0 Å². The number of piperazine rings is 1. The number of nitrogens with zero attached hydrogens (tertiary/aromatic N) is 1. The van der Waals surface area contributed by atoms with E-state index in [1.54, 1.807) is 0 Å². The van der Waals surface area contributed by atoms with Crippen LogP contribution in [0.15, 0.2) is 18.2 Å². The van der Waals surface area contributed by atoms with Crippen LogP contribution in [0, 0.1) is 13.8 Å². The van der Waals surface area contributed by atoms with Crippen molar-refractivity contribution in [2.24, 2.45) is 0 Å². The van der Waals surface area contributed by atoms with Crippen LogP contribution in [0.5, 0.6) is 0 Å². The summed E-state index contributed by atoms with van der Waals surface area (Å²) in [5.74, 6) is 0.148. The van der Waals surface area contributed by atoms with Gasteiger partial charge in [0.05, 0.1) is 12.1 Å². The van der Waals surface area contributed by atoms with Gasteiger partial charge in [-0.15, -0.1) is 0 Å².